The molecule has 37 heavy (non-hydrogen) atoms. The van der Waals surface area contributed by atoms with Crippen molar-refractivity contribution in [3.8, 4) is 11.5 Å². The molecule has 1 aliphatic carbocycles. The molecule has 4 rings (SSSR count). The van der Waals surface area contributed by atoms with Gasteiger partial charge in [-0.3, -0.25) is 10.0 Å². The number of hydrogen-bond donors (Lipinski definition) is 3. The maximum atomic E-state index is 13.8. The fourth-order valence-electron chi connectivity index (χ4n) is 5.17. The number of benzene rings is 2. The van der Waals surface area contributed by atoms with Crippen molar-refractivity contribution in [2.75, 3.05) is 13.1 Å². The summed E-state index contributed by atoms with van der Waals surface area (Å²) in [5, 5.41) is 12.6. The van der Waals surface area contributed by atoms with Crippen LogP contribution in [0.15, 0.2) is 53.4 Å². The van der Waals surface area contributed by atoms with Crippen LogP contribution in [0.25, 0.3) is 0 Å². The maximum absolute atomic E-state index is 13.8. The van der Waals surface area contributed by atoms with E-state index in [1.807, 2.05) is 0 Å². The summed E-state index contributed by atoms with van der Waals surface area (Å²) in [6.45, 7) is 1.40. The highest BCUT2D eigenvalue weighted by Gasteiger charge is 2.60. The molecule has 1 unspecified atom stereocenters. The first kappa shape index (κ1) is 26.9. The highest BCUT2D eigenvalue weighted by molar-refractivity contribution is 7.93. The molecule has 3 N–H and O–H groups in total. The Balaban J connectivity index is 1.57. The van der Waals surface area contributed by atoms with Crippen molar-refractivity contribution < 1.29 is 45.9 Å². The van der Waals surface area contributed by atoms with Gasteiger partial charge in [0.15, 0.2) is 14.6 Å². The van der Waals surface area contributed by atoms with Gasteiger partial charge < -0.3 is 14.8 Å². The van der Waals surface area contributed by atoms with Crippen LogP contribution in [-0.2, 0) is 14.6 Å². The molecular weight excluding hydrogens is 517 g/mol. The molecule has 2 aromatic rings. The molecular formula is C24H25F3N2O7S. The van der Waals surface area contributed by atoms with Gasteiger partial charge in [0.1, 0.15) is 11.5 Å². The largest absolute Gasteiger partial charge is 0.573 e. The lowest BCUT2D eigenvalue weighted by molar-refractivity contribution is -0.274. The second-order valence-corrected chi connectivity index (χ2v) is 11.6. The van der Waals surface area contributed by atoms with Crippen LogP contribution >= 0.6 is 0 Å². The lowest BCUT2D eigenvalue weighted by Gasteiger charge is -2.36. The Bertz CT molecular complexity index is 1280. The van der Waals surface area contributed by atoms with E-state index in [-0.39, 0.29) is 34.5 Å². The highest BCUT2D eigenvalue weighted by Crippen LogP contribution is 2.54. The third kappa shape index (κ3) is 5.43. The smallest absolute Gasteiger partial charge is 0.423 e. The Kier molecular flexibility index (Phi) is 7.23. The standard InChI is InChI=1S/C24H25F3N2O7S/c25-24(26,27)36-17-6-4-16(5-7-17)20(30)35-18-2-1-3-19(14-18)37(33,34)23(21(31)29-32)9-8-22(15-23)10-12-28-13-11-22/h1-7,14,28,32H,8-13,15H2,(H,29,31). The summed E-state index contributed by atoms with van der Waals surface area (Å²) in [5.41, 5.74) is 1.09. The summed E-state index contributed by atoms with van der Waals surface area (Å²) in [7, 11) is -4.34. The van der Waals surface area contributed by atoms with Crippen LogP contribution in [0.2, 0.25) is 0 Å². The summed E-state index contributed by atoms with van der Waals surface area (Å²) in [6, 6.07) is 9.08. The molecule has 1 heterocycles. The quantitative estimate of drug-likeness (QED) is 0.219. The van der Waals surface area contributed by atoms with E-state index in [9.17, 15) is 36.4 Å². The molecule has 0 bridgehead atoms. The monoisotopic (exact) mass is 542 g/mol. The van der Waals surface area contributed by atoms with Gasteiger partial charge in [0, 0.05) is 0 Å². The van der Waals surface area contributed by atoms with Gasteiger partial charge in [0.2, 0.25) is 0 Å². The predicted octanol–water partition coefficient (Wildman–Crippen LogP) is 3.38. The van der Waals surface area contributed by atoms with E-state index in [4.69, 9.17) is 4.74 Å². The third-order valence-electron chi connectivity index (χ3n) is 7.06. The van der Waals surface area contributed by atoms with Gasteiger partial charge in [-0.25, -0.2) is 18.7 Å². The van der Waals surface area contributed by atoms with Crippen LogP contribution in [0, 0.1) is 5.41 Å². The van der Waals surface area contributed by atoms with Gasteiger partial charge >= 0.3 is 12.3 Å². The number of ether oxygens (including phenoxy) is 2. The molecule has 2 aromatic carbocycles. The minimum atomic E-state index is -4.88. The zero-order chi connectivity index (χ0) is 26.9. The molecule has 13 heteroatoms. The number of piperidine rings is 1. The molecule has 1 saturated carbocycles. The van der Waals surface area contributed by atoms with E-state index in [2.05, 4.69) is 10.1 Å². The van der Waals surface area contributed by atoms with Crippen LogP contribution in [0.1, 0.15) is 42.5 Å². The number of amides is 1. The molecule has 1 amide bonds. The van der Waals surface area contributed by atoms with Crippen LogP contribution in [-0.4, -0.2) is 49.7 Å². The number of carbonyl (C=O) groups excluding carboxylic acids is 2. The van der Waals surface area contributed by atoms with Crippen molar-refractivity contribution in [2.24, 2.45) is 5.41 Å². The molecule has 0 radical (unpaired) electrons. The number of rotatable bonds is 6. The molecule has 1 atom stereocenters. The Morgan fingerprint density at radius 2 is 1.65 bits per heavy atom. The van der Waals surface area contributed by atoms with E-state index >= 15 is 0 Å². The van der Waals surface area contributed by atoms with Crippen LogP contribution in [0.5, 0.6) is 11.5 Å². The van der Waals surface area contributed by atoms with Crippen LogP contribution in [0.4, 0.5) is 13.2 Å². The fraction of sp³-hybridized carbons (Fsp3) is 0.417. The van der Waals surface area contributed by atoms with Crippen molar-refractivity contribution in [3.05, 3.63) is 54.1 Å². The zero-order valence-corrected chi connectivity index (χ0v) is 20.3. The van der Waals surface area contributed by atoms with E-state index < -0.39 is 38.6 Å². The number of sulfone groups is 1. The number of alkyl halides is 3. The first-order chi connectivity index (χ1) is 17.4. The second kappa shape index (κ2) is 9.95. The molecule has 1 saturated heterocycles. The van der Waals surface area contributed by atoms with Gasteiger partial charge in [-0.05, 0) is 93.1 Å². The zero-order valence-electron chi connectivity index (χ0n) is 19.5. The van der Waals surface area contributed by atoms with Crippen molar-refractivity contribution in [2.45, 2.75) is 48.1 Å². The summed E-state index contributed by atoms with van der Waals surface area (Å²) in [4.78, 5) is 25.1. The van der Waals surface area contributed by atoms with Gasteiger partial charge in [0.25, 0.3) is 5.91 Å². The van der Waals surface area contributed by atoms with E-state index in [0.717, 1.165) is 30.3 Å². The Hall–Kier alpha value is -3.16. The lowest BCUT2D eigenvalue weighted by atomic mass is 9.77. The maximum Gasteiger partial charge on any atom is 0.573 e. The Morgan fingerprint density at radius 1 is 0.973 bits per heavy atom. The highest BCUT2D eigenvalue weighted by atomic mass is 32.2. The number of carbonyl (C=O) groups is 2. The molecule has 2 fully saturated rings. The first-order valence-corrected chi connectivity index (χ1v) is 13.0. The molecule has 1 aliphatic heterocycles. The lowest BCUT2D eigenvalue weighted by Crippen LogP contribution is -2.51. The molecule has 200 valence electrons. The van der Waals surface area contributed by atoms with E-state index in [0.29, 0.717) is 32.4 Å². The fourth-order valence-corrected chi connectivity index (χ4v) is 7.31. The van der Waals surface area contributed by atoms with Crippen LogP contribution in [0.3, 0.4) is 0 Å². The van der Waals surface area contributed by atoms with Crippen molar-refractivity contribution >= 4 is 21.7 Å². The topological polar surface area (TPSA) is 131 Å². The summed E-state index contributed by atoms with van der Waals surface area (Å²) >= 11 is 0. The molecule has 9 nitrogen and oxygen atoms in total. The van der Waals surface area contributed by atoms with Gasteiger partial charge in [-0.1, -0.05) is 6.07 Å². The minimum Gasteiger partial charge on any atom is -0.423 e. The molecule has 0 aromatic heterocycles. The Labute approximate surface area is 210 Å². The summed E-state index contributed by atoms with van der Waals surface area (Å²) in [6.07, 6.45) is -2.90. The van der Waals surface area contributed by atoms with Gasteiger partial charge in [0.05, 0.1) is 10.5 Å². The van der Waals surface area contributed by atoms with Crippen molar-refractivity contribution in [3.63, 3.8) is 0 Å². The summed E-state index contributed by atoms with van der Waals surface area (Å²) in [5.74, 6) is -2.61. The van der Waals surface area contributed by atoms with E-state index in [1.54, 1.807) is 0 Å². The van der Waals surface area contributed by atoms with Gasteiger partial charge in [-0.2, -0.15) is 0 Å². The normalized spacial score (nSPS) is 21.4. The average Bonchev–Trinajstić information content (AvgIpc) is 3.24. The molecule has 1 spiro atoms. The number of hydroxylamine groups is 1. The summed E-state index contributed by atoms with van der Waals surface area (Å²) < 4.78 is 71.7. The minimum absolute atomic E-state index is 0.0259. The number of nitrogens with one attached hydrogen (secondary N) is 2. The first-order valence-electron chi connectivity index (χ1n) is 11.5. The van der Waals surface area contributed by atoms with Crippen LogP contribution < -0.4 is 20.3 Å². The Morgan fingerprint density at radius 3 is 2.27 bits per heavy atom. The molecule has 2 aliphatic rings. The van der Waals surface area contributed by atoms with Crippen molar-refractivity contribution in [1.82, 2.24) is 10.8 Å². The SMILES string of the molecule is O=C(Oc1cccc(S(=O)(=O)C2(C(=O)NO)CCC3(CCNCC3)C2)c1)c1ccc(OC(F)(F)F)cc1. The number of esters is 1. The number of hydrogen-bond acceptors (Lipinski definition) is 8. The third-order valence-corrected chi connectivity index (χ3v) is 9.50. The van der Waals surface area contributed by atoms with Gasteiger partial charge in [-0.15, -0.1) is 13.2 Å². The number of halogens is 3. The average molecular weight is 543 g/mol. The second-order valence-electron chi connectivity index (χ2n) is 9.30. The van der Waals surface area contributed by atoms with Crippen molar-refractivity contribution in [1.29, 1.82) is 0 Å². The van der Waals surface area contributed by atoms with E-state index in [1.165, 1.54) is 23.7 Å². The predicted molar refractivity (Wildman–Crippen MR) is 123 cm³/mol.